The van der Waals surface area contributed by atoms with Gasteiger partial charge in [-0.15, -0.1) is 10.2 Å². The second kappa shape index (κ2) is 5.56. The van der Waals surface area contributed by atoms with E-state index < -0.39 is 0 Å². The molecule has 6 nitrogen and oxygen atoms in total. The maximum atomic E-state index is 11.9. The van der Waals surface area contributed by atoms with Crippen molar-refractivity contribution in [2.45, 2.75) is 52.6 Å². The van der Waals surface area contributed by atoms with Crippen LogP contribution in [0.15, 0.2) is 12.1 Å². The van der Waals surface area contributed by atoms with E-state index in [4.69, 9.17) is 0 Å². The normalized spacial score (nSPS) is 11.9. The fourth-order valence-corrected chi connectivity index (χ4v) is 1.38. The van der Waals surface area contributed by atoms with E-state index in [1.807, 2.05) is 41.5 Å². The molecule has 6 heteroatoms. The first-order valence-corrected chi connectivity index (χ1v) is 6.47. The fourth-order valence-electron chi connectivity index (χ4n) is 1.38. The number of rotatable bonds is 2. The van der Waals surface area contributed by atoms with E-state index in [1.54, 1.807) is 0 Å². The molecule has 0 spiro atoms. The number of hydrogen-bond donors (Lipinski definition) is 2. The topological polar surface area (TPSA) is 84.0 Å². The Balaban J connectivity index is 2.79. The SMILES string of the molecule is CC(C)(C)NC(=O)c1ccc(C(=O)NC(C)(C)C)nn1. The number of amides is 2. The second-order valence-electron chi connectivity index (χ2n) is 6.71. The van der Waals surface area contributed by atoms with Crippen molar-refractivity contribution in [1.82, 2.24) is 20.8 Å². The zero-order valence-electron chi connectivity index (χ0n) is 12.9. The Morgan fingerprint density at radius 3 is 1.30 bits per heavy atom. The molecule has 0 bridgehead atoms. The molecule has 1 aromatic rings. The molecule has 0 fully saturated rings. The molecule has 20 heavy (non-hydrogen) atoms. The van der Waals surface area contributed by atoms with Crippen LogP contribution in [-0.2, 0) is 0 Å². The minimum Gasteiger partial charge on any atom is -0.346 e. The van der Waals surface area contributed by atoms with Gasteiger partial charge in [0.1, 0.15) is 0 Å². The largest absolute Gasteiger partial charge is 0.346 e. The van der Waals surface area contributed by atoms with Crippen molar-refractivity contribution in [3.63, 3.8) is 0 Å². The van der Waals surface area contributed by atoms with Crippen molar-refractivity contribution in [2.75, 3.05) is 0 Å². The number of aromatic nitrogens is 2. The van der Waals surface area contributed by atoms with Crippen molar-refractivity contribution in [1.29, 1.82) is 0 Å². The summed E-state index contributed by atoms with van der Waals surface area (Å²) in [5.41, 5.74) is -0.318. The summed E-state index contributed by atoms with van der Waals surface area (Å²) in [5, 5.41) is 13.1. The predicted octanol–water partition coefficient (Wildman–Crippen LogP) is 1.53. The maximum Gasteiger partial charge on any atom is 0.272 e. The highest BCUT2D eigenvalue weighted by Crippen LogP contribution is 2.05. The molecule has 0 radical (unpaired) electrons. The van der Waals surface area contributed by atoms with Crippen molar-refractivity contribution < 1.29 is 9.59 Å². The molecule has 2 amide bonds. The summed E-state index contributed by atoms with van der Waals surface area (Å²) in [5.74, 6) is -0.624. The zero-order chi connectivity index (χ0) is 15.6. The van der Waals surface area contributed by atoms with Crippen LogP contribution in [0.4, 0.5) is 0 Å². The zero-order valence-corrected chi connectivity index (χ0v) is 12.9. The highest BCUT2D eigenvalue weighted by Gasteiger charge is 2.19. The molecule has 0 aliphatic heterocycles. The van der Waals surface area contributed by atoms with Gasteiger partial charge in [-0.3, -0.25) is 9.59 Å². The molecular weight excluding hydrogens is 256 g/mol. The van der Waals surface area contributed by atoms with E-state index in [9.17, 15) is 9.59 Å². The van der Waals surface area contributed by atoms with Crippen LogP contribution in [0, 0.1) is 0 Å². The quantitative estimate of drug-likeness (QED) is 0.859. The van der Waals surface area contributed by atoms with Gasteiger partial charge in [0.25, 0.3) is 11.8 Å². The summed E-state index contributed by atoms with van der Waals surface area (Å²) in [6, 6.07) is 2.98. The Kier molecular flexibility index (Phi) is 4.47. The lowest BCUT2D eigenvalue weighted by molar-refractivity contribution is 0.0896. The van der Waals surface area contributed by atoms with Crippen molar-refractivity contribution in [3.05, 3.63) is 23.5 Å². The third-order valence-electron chi connectivity index (χ3n) is 2.11. The number of hydrogen-bond acceptors (Lipinski definition) is 4. The Hall–Kier alpha value is -1.98. The number of carbonyl (C=O) groups is 2. The molecular formula is C14H22N4O2. The molecule has 0 aliphatic carbocycles. The molecule has 0 aromatic carbocycles. The third kappa shape index (κ3) is 5.34. The Bertz CT molecular complexity index is 448. The van der Waals surface area contributed by atoms with Gasteiger partial charge in [0.15, 0.2) is 11.4 Å². The van der Waals surface area contributed by atoms with Gasteiger partial charge in [0, 0.05) is 11.1 Å². The average Bonchev–Trinajstić information content (AvgIpc) is 2.24. The third-order valence-corrected chi connectivity index (χ3v) is 2.11. The smallest absolute Gasteiger partial charge is 0.272 e. The predicted molar refractivity (Wildman–Crippen MR) is 76.5 cm³/mol. The Labute approximate surface area is 119 Å². The van der Waals surface area contributed by atoms with Crippen LogP contribution in [0.2, 0.25) is 0 Å². The lowest BCUT2D eigenvalue weighted by atomic mass is 10.1. The molecule has 0 atom stereocenters. The van der Waals surface area contributed by atoms with Crippen LogP contribution in [-0.4, -0.2) is 33.1 Å². The first kappa shape index (κ1) is 16.1. The Morgan fingerprint density at radius 1 is 0.800 bits per heavy atom. The summed E-state index contributed by atoms with van der Waals surface area (Å²) in [6.45, 7) is 11.3. The number of carbonyl (C=O) groups excluding carboxylic acids is 2. The van der Waals surface area contributed by atoms with Gasteiger partial charge in [0.2, 0.25) is 0 Å². The fraction of sp³-hybridized carbons (Fsp3) is 0.571. The van der Waals surface area contributed by atoms with Gasteiger partial charge >= 0.3 is 0 Å². The molecule has 0 unspecified atom stereocenters. The molecule has 1 aromatic heterocycles. The van der Waals surface area contributed by atoms with E-state index in [0.29, 0.717) is 0 Å². The van der Waals surface area contributed by atoms with Crippen molar-refractivity contribution >= 4 is 11.8 Å². The van der Waals surface area contributed by atoms with Gasteiger partial charge in [0.05, 0.1) is 0 Å². The summed E-state index contributed by atoms with van der Waals surface area (Å²) >= 11 is 0. The summed E-state index contributed by atoms with van der Waals surface area (Å²) in [4.78, 5) is 23.7. The van der Waals surface area contributed by atoms with E-state index in [0.717, 1.165) is 0 Å². The highest BCUT2D eigenvalue weighted by molar-refractivity contribution is 5.95. The molecule has 2 N–H and O–H groups in total. The monoisotopic (exact) mass is 278 g/mol. The molecule has 110 valence electrons. The van der Waals surface area contributed by atoms with Crippen LogP contribution in [0.1, 0.15) is 62.5 Å². The van der Waals surface area contributed by atoms with E-state index in [2.05, 4.69) is 20.8 Å². The summed E-state index contributed by atoms with van der Waals surface area (Å²) in [7, 11) is 0. The summed E-state index contributed by atoms with van der Waals surface area (Å²) in [6.07, 6.45) is 0. The molecule has 1 heterocycles. The van der Waals surface area contributed by atoms with Crippen LogP contribution in [0.5, 0.6) is 0 Å². The highest BCUT2D eigenvalue weighted by atomic mass is 16.2. The summed E-state index contributed by atoms with van der Waals surface area (Å²) < 4.78 is 0. The van der Waals surface area contributed by atoms with Gasteiger partial charge in [-0.2, -0.15) is 0 Å². The van der Waals surface area contributed by atoms with Crippen LogP contribution >= 0.6 is 0 Å². The van der Waals surface area contributed by atoms with Crippen molar-refractivity contribution in [2.24, 2.45) is 0 Å². The van der Waals surface area contributed by atoms with E-state index in [1.165, 1.54) is 12.1 Å². The standard InChI is InChI=1S/C14H22N4O2/c1-13(2,3)15-11(19)9-7-8-10(18-17-9)12(20)16-14(4,5)6/h7-8H,1-6H3,(H,15,19)(H,16,20). The number of nitrogens with zero attached hydrogens (tertiary/aromatic N) is 2. The van der Waals surface area contributed by atoms with Crippen LogP contribution in [0.3, 0.4) is 0 Å². The molecule has 1 rings (SSSR count). The van der Waals surface area contributed by atoms with E-state index in [-0.39, 0.29) is 34.3 Å². The van der Waals surface area contributed by atoms with Gasteiger partial charge in [-0.05, 0) is 53.7 Å². The number of nitrogens with one attached hydrogen (secondary N) is 2. The molecule has 0 aliphatic rings. The maximum absolute atomic E-state index is 11.9. The van der Waals surface area contributed by atoms with E-state index >= 15 is 0 Å². The van der Waals surface area contributed by atoms with Crippen molar-refractivity contribution in [3.8, 4) is 0 Å². The molecule has 0 saturated carbocycles. The average molecular weight is 278 g/mol. The first-order chi connectivity index (χ1) is 8.98. The van der Waals surface area contributed by atoms with Crippen LogP contribution in [0.25, 0.3) is 0 Å². The lowest BCUT2D eigenvalue weighted by Gasteiger charge is -2.20. The van der Waals surface area contributed by atoms with Crippen LogP contribution < -0.4 is 10.6 Å². The van der Waals surface area contributed by atoms with Gasteiger partial charge in [-0.1, -0.05) is 0 Å². The minimum atomic E-state index is -0.346. The second-order valence-corrected chi connectivity index (χ2v) is 6.71. The lowest BCUT2D eigenvalue weighted by Crippen LogP contribution is -2.42. The Morgan fingerprint density at radius 2 is 1.10 bits per heavy atom. The molecule has 0 saturated heterocycles. The minimum absolute atomic E-state index is 0.187. The van der Waals surface area contributed by atoms with Gasteiger partial charge in [-0.25, -0.2) is 0 Å². The van der Waals surface area contributed by atoms with Gasteiger partial charge < -0.3 is 10.6 Å². The first-order valence-electron chi connectivity index (χ1n) is 6.47.